The van der Waals surface area contributed by atoms with Gasteiger partial charge in [0.1, 0.15) is 0 Å². The van der Waals surface area contributed by atoms with Gasteiger partial charge in [0.05, 0.1) is 5.92 Å². The number of carbonyl (C=O) groups excluding carboxylic acids is 1. The highest BCUT2D eigenvalue weighted by molar-refractivity contribution is 5.81. The molecule has 1 aliphatic heterocycles. The lowest BCUT2D eigenvalue weighted by Gasteiger charge is -2.33. The van der Waals surface area contributed by atoms with E-state index >= 15 is 0 Å². The lowest BCUT2D eigenvalue weighted by Crippen LogP contribution is -2.41. The molecule has 1 aliphatic carbocycles. The standard InChI is InChI=1S/C16H20N2O3/c19-15(7-8-17-12-5-6-12)18-9-11-3-1-2-4-13(11)14(10-18)16(20)21/h1-4,12,14,17H,5-10H2,(H,20,21). The second kappa shape index (κ2) is 5.85. The number of rotatable bonds is 5. The van der Waals surface area contributed by atoms with Gasteiger partial charge in [-0.2, -0.15) is 0 Å². The molecule has 2 N–H and O–H groups in total. The van der Waals surface area contributed by atoms with Crippen LogP contribution in [0.15, 0.2) is 24.3 Å². The molecule has 1 atom stereocenters. The molecule has 2 aliphatic rings. The minimum Gasteiger partial charge on any atom is -0.481 e. The average Bonchev–Trinajstić information content (AvgIpc) is 3.30. The fraction of sp³-hybridized carbons (Fsp3) is 0.500. The summed E-state index contributed by atoms with van der Waals surface area (Å²) in [4.78, 5) is 25.4. The van der Waals surface area contributed by atoms with Crippen molar-refractivity contribution in [1.29, 1.82) is 0 Å². The summed E-state index contributed by atoms with van der Waals surface area (Å²) >= 11 is 0. The first kappa shape index (κ1) is 14.1. The van der Waals surface area contributed by atoms with E-state index < -0.39 is 11.9 Å². The largest absolute Gasteiger partial charge is 0.481 e. The summed E-state index contributed by atoms with van der Waals surface area (Å²) in [7, 11) is 0. The molecule has 0 saturated heterocycles. The van der Waals surface area contributed by atoms with Crippen molar-refractivity contribution in [2.45, 2.75) is 37.8 Å². The van der Waals surface area contributed by atoms with Crippen LogP contribution >= 0.6 is 0 Å². The van der Waals surface area contributed by atoms with Gasteiger partial charge in [0.2, 0.25) is 5.91 Å². The first-order chi connectivity index (χ1) is 10.1. The lowest BCUT2D eigenvalue weighted by molar-refractivity contribution is -0.141. The van der Waals surface area contributed by atoms with Gasteiger partial charge in [-0.3, -0.25) is 9.59 Å². The van der Waals surface area contributed by atoms with E-state index in [0.29, 0.717) is 25.6 Å². The Bertz CT molecular complexity index is 554. The summed E-state index contributed by atoms with van der Waals surface area (Å²) in [5, 5.41) is 12.7. The van der Waals surface area contributed by atoms with Crippen LogP contribution in [0, 0.1) is 0 Å². The molecule has 3 rings (SSSR count). The number of carboxylic acid groups (broad SMARTS) is 1. The molecule has 0 aromatic heterocycles. The van der Waals surface area contributed by atoms with Crippen molar-refractivity contribution in [1.82, 2.24) is 10.2 Å². The van der Waals surface area contributed by atoms with Crippen LogP contribution in [0.2, 0.25) is 0 Å². The van der Waals surface area contributed by atoms with Crippen LogP contribution in [0.1, 0.15) is 36.3 Å². The molecule has 1 amide bonds. The summed E-state index contributed by atoms with van der Waals surface area (Å²) in [5.74, 6) is -1.45. The van der Waals surface area contributed by atoms with Gasteiger partial charge in [-0.1, -0.05) is 24.3 Å². The van der Waals surface area contributed by atoms with Gasteiger partial charge < -0.3 is 15.3 Å². The predicted octanol–water partition coefficient (Wildman–Crippen LogP) is 1.34. The molecule has 1 fully saturated rings. The minimum absolute atomic E-state index is 0.0314. The van der Waals surface area contributed by atoms with Gasteiger partial charge in [-0.05, 0) is 24.0 Å². The maximum atomic E-state index is 12.3. The van der Waals surface area contributed by atoms with Gasteiger partial charge in [0, 0.05) is 32.1 Å². The molecule has 0 spiro atoms. The number of carboxylic acids is 1. The quantitative estimate of drug-likeness (QED) is 0.858. The number of nitrogens with one attached hydrogen (secondary N) is 1. The third-order valence-electron chi connectivity index (χ3n) is 4.19. The van der Waals surface area contributed by atoms with Gasteiger partial charge in [0.25, 0.3) is 0 Å². The Morgan fingerprint density at radius 1 is 1.29 bits per heavy atom. The maximum absolute atomic E-state index is 12.3. The van der Waals surface area contributed by atoms with Gasteiger partial charge >= 0.3 is 5.97 Å². The number of aliphatic carboxylic acids is 1. The predicted molar refractivity (Wildman–Crippen MR) is 77.9 cm³/mol. The Hall–Kier alpha value is -1.88. The zero-order chi connectivity index (χ0) is 14.8. The number of nitrogens with zero attached hydrogens (tertiary/aromatic N) is 1. The average molecular weight is 288 g/mol. The fourth-order valence-corrected chi connectivity index (χ4v) is 2.84. The molecular weight excluding hydrogens is 268 g/mol. The Morgan fingerprint density at radius 3 is 2.76 bits per heavy atom. The summed E-state index contributed by atoms with van der Waals surface area (Å²) in [5.41, 5.74) is 1.78. The minimum atomic E-state index is -0.865. The molecule has 1 saturated carbocycles. The molecule has 1 heterocycles. The highest BCUT2D eigenvalue weighted by Gasteiger charge is 2.32. The normalized spacial score (nSPS) is 21.0. The van der Waals surface area contributed by atoms with Crippen molar-refractivity contribution in [3.05, 3.63) is 35.4 Å². The third kappa shape index (κ3) is 3.24. The Balaban J connectivity index is 1.67. The van der Waals surface area contributed by atoms with Crippen molar-refractivity contribution in [3.8, 4) is 0 Å². The summed E-state index contributed by atoms with van der Waals surface area (Å²) in [6, 6.07) is 8.09. The molecule has 1 unspecified atom stereocenters. The van der Waals surface area contributed by atoms with E-state index in [-0.39, 0.29) is 12.5 Å². The second-order valence-corrected chi connectivity index (χ2v) is 5.84. The number of carbonyl (C=O) groups is 2. The van der Waals surface area contributed by atoms with E-state index in [0.717, 1.165) is 11.1 Å². The highest BCUT2D eigenvalue weighted by Crippen LogP contribution is 2.28. The highest BCUT2D eigenvalue weighted by atomic mass is 16.4. The van der Waals surface area contributed by atoms with Crippen LogP contribution < -0.4 is 5.32 Å². The van der Waals surface area contributed by atoms with Crippen LogP contribution in [-0.4, -0.2) is 41.0 Å². The number of amides is 1. The van der Waals surface area contributed by atoms with Crippen LogP contribution in [-0.2, 0) is 16.1 Å². The topological polar surface area (TPSA) is 69.6 Å². The third-order valence-corrected chi connectivity index (χ3v) is 4.19. The molecule has 5 heteroatoms. The smallest absolute Gasteiger partial charge is 0.312 e. The molecule has 0 bridgehead atoms. The number of benzene rings is 1. The molecule has 5 nitrogen and oxygen atoms in total. The molecular formula is C16H20N2O3. The van der Waals surface area contributed by atoms with E-state index in [2.05, 4.69) is 5.32 Å². The van der Waals surface area contributed by atoms with Crippen molar-refractivity contribution in [2.75, 3.05) is 13.1 Å². The van der Waals surface area contributed by atoms with E-state index in [9.17, 15) is 14.7 Å². The molecule has 21 heavy (non-hydrogen) atoms. The summed E-state index contributed by atoms with van der Waals surface area (Å²) in [6.07, 6.45) is 2.84. The summed E-state index contributed by atoms with van der Waals surface area (Å²) in [6.45, 7) is 1.47. The van der Waals surface area contributed by atoms with E-state index in [1.165, 1.54) is 12.8 Å². The van der Waals surface area contributed by atoms with Gasteiger partial charge in [-0.25, -0.2) is 0 Å². The van der Waals surface area contributed by atoms with Gasteiger partial charge in [0.15, 0.2) is 0 Å². The van der Waals surface area contributed by atoms with E-state index in [4.69, 9.17) is 0 Å². The zero-order valence-corrected chi connectivity index (χ0v) is 11.9. The van der Waals surface area contributed by atoms with Crippen molar-refractivity contribution in [3.63, 3.8) is 0 Å². The molecule has 112 valence electrons. The Morgan fingerprint density at radius 2 is 2.05 bits per heavy atom. The van der Waals surface area contributed by atoms with Crippen molar-refractivity contribution < 1.29 is 14.7 Å². The van der Waals surface area contributed by atoms with Crippen LogP contribution in [0.4, 0.5) is 0 Å². The second-order valence-electron chi connectivity index (χ2n) is 5.84. The van der Waals surface area contributed by atoms with Crippen LogP contribution in [0.25, 0.3) is 0 Å². The lowest BCUT2D eigenvalue weighted by atomic mass is 9.89. The van der Waals surface area contributed by atoms with E-state index in [1.807, 2.05) is 24.3 Å². The monoisotopic (exact) mass is 288 g/mol. The van der Waals surface area contributed by atoms with Gasteiger partial charge in [-0.15, -0.1) is 0 Å². The Kier molecular flexibility index (Phi) is 3.92. The first-order valence-electron chi connectivity index (χ1n) is 7.47. The number of fused-ring (bicyclic) bond motifs is 1. The Labute approximate surface area is 123 Å². The maximum Gasteiger partial charge on any atom is 0.312 e. The van der Waals surface area contributed by atoms with Crippen LogP contribution in [0.5, 0.6) is 0 Å². The van der Waals surface area contributed by atoms with E-state index in [1.54, 1.807) is 4.90 Å². The number of hydrogen-bond donors (Lipinski definition) is 2. The van der Waals surface area contributed by atoms with Crippen LogP contribution in [0.3, 0.4) is 0 Å². The fourth-order valence-electron chi connectivity index (χ4n) is 2.84. The molecule has 1 aromatic carbocycles. The SMILES string of the molecule is O=C(O)C1CN(C(=O)CCNC2CC2)Cc2ccccc21. The zero-order valence-electron chi connectivity index (χ0n) is 11.9. The van der Waals surface area contributed by atoms with Crippen molar-refractivity contribution in [2.24, 2.45) is 0 Å². The first-order valence-corrected chi connectivity index (χ1v) is 7.47. The molecule has 0 radical (unpaired) electrons. The number of hydrogen-bond acceptors (Lipinski definition) is 3. The summed E-state index contributed by atoms with van der Waals surface area (Å²) < 4.78 is 0. The van der Waals surface area contributed by atoms with Crippen molar-refractivity contribution >= 4 is 11.9 Å². The molecule has 1 aromatic rings.